The highest BCUT2D eigenvalue weighted by atomic mass is 32.1. The Balaban J connectivity index is 1.70. The molecular weight excluding hydrogens is 294 g/mol. The SMILES string of the molecule is Nc1cncc(-c2ccc(-c3ccc4c(c3)CC(=O)N4)s2)c1. The molecule has 3 heterocycles. The molecule has 5 heteroatoms. The van der Waals surface area contributed by atoms with Crippen molar-refractivity contribution < 1.29 is 4.79 Å². The zero-order chi connectivity index (χ0) is 15.1. The number of fused-ring (bicyclic) bond motifs is 1. The summed E-state index contributed by atoms with van der Waals surface area (Å²) in [5.74, 6) is 0.0600. The molecule has 2 aromatic heterocycles. The quantitative estimate of drug-likeness (QED) is 0.760. The van der Waals surface area contributed by atoms with Crippen LogP contribution in [0.3, 0.4) is 0 Å². The molecule has 3 N–H and O–H groups in total. The number of hydrogen-bond acceptors (Lipinski definition) is 4. The van der Waals surface area contributed by atoms with E-state index >= 15 is 0 Å². The van der Waals surface area contributed by atoms with Gasteiger partial charge in [0.15, 0.2) is 0 Å². The van der Waals surface area contributed by atoms with Gasteiger partial charge in [0.2, 0.25) is 5.91 Å². The van der Waals surface area contributed by atoms with Crippen LogP contribution < -0.4 is 11.1 Å². The van der Waals surface area contributed by atoms with Crippen LogP contribution >= 0.6 is 11.3 Å². The van der Waals surface area contributed by atoms with Gasteiger partial charge in [-0.1, -0.05) is 6.07 Å². The molecule has 4 nitrogen and oxygen atoms in total. The fourth-order valence-electron chi connectivity index (χ4n) is 2.62. The van der Waals surface area contributed by atoms with Crippen LogP contribution in [0.1, 0.15) is 5.56 Å². The summed E-state index contributed by atoms with van der Waals surface area (Å²) in [4.78, 5) is 17.9. The molecule has 0 unspecified atom stereocenters. The lowest BCUT2D eigenvalue weighted by Crippen LogP contribution is -2.03. The van der Waals surface area contributed by atoms with Crippen LogP contribution in [-0.4, -0.2) is 10.9 Å². The highest BCUT2D eigenvalue weighted by Crippen LogP contribution is 2.36. The average molecular weight is 307 g/mol. The van der Waals surface area contributed by atoms with Crippen molar-refractivity contribution in [2.45, 2.75) is 6.42 Å². The third kappa shape index (κ3) is 2.25. The van der Waals surface area contributed by atoms with E-state index in [4.69, 9.17) is 5.73 Å². The van der Waals surface area contributed by atoms with E-state index < -0.39 is 0 Å². The Hall–Kier alpha value is -2.66. The van der Waals surface area contributed by atoms with Crippen LogP contribution in [0, 0.1) is 0 Å². The first-order valence-electron chi connectivity index (χ1n) is 6.93. The Bertz CT molecular complexity index is 885. The summed E-state index contributed by atoms with van der Waals surface area (Å²) in [6, 6.07) is 12.2. The molecular formula is C17H13N3OS. The van der Waals surface area contributed by atoms with E-state index in [1.54, 1.807) is 17.5 Å². The van der Waals surface area contributed by atoms with E-state index in [-0.39, 0.29) is 5.91 Å². The summed E-state index contributed by atoms with van der Waals surface area (Å²) in [6.07, 6.45) is 3.92. The Morgan fingerprint density at radius 3 is 2.68 bits per heavy atom. The number of amides is 1. The Morgan fingerprint density at radius 1 is 1.05 bits per heavy atom. The number of nitrogens with zero attached hydrogens (tertiary/aromatic N) is 1. The fraction of sp³-hybridized carbons (Fsp3) is 0.0588. The van der Waals surface area contributed by atoms with Crippen LogP contribution in [0.25, 0.3) is 20.9 Å². The number of benzene rings is 1. The van der Waals surface area contributed by atoms with E-state index in [9.17, 15) is 4.79 Å². The molecule has 4 rings (SSSR count). The van der Waals surface area contributed by atoms with Crippen molar-refractivity contribution in [3.05, 3.63) is 54.4 Å². The molecule has 0 atom stereocenters. The van der Waals surface area contributed by atoms with E-state index in [1.165, 1.54) is 4.88 Å². The molecule has 1 amide bonds. The van der Waals surface area contributed by atoms with Crippen LogP contribution in [-0.2, 0) is 11.2 Å². The molecule has 1 aliphatic rings. The third-order valence-electron chi connectivity index (χ3n) is 3.66. The van der Waals surface area contributed by atoms with Gasteiger partial charge in [0.1, 0.15) is 0 Å². The minimum absolute atomic E-state index is 0.0600. The molecule has 3 aromatic rings. The number of rotatable bonds is 2. The average Bonchev–Trinajstić information content (AvgIpc) is 3.11. The molecule has 0 saturated heterocycles. The van der Waals surface area contributed by atoms with E-state index in [1.807, 2.05) is 24.4 Å². The largest absolute Gasteiger partial charge is 0.397 e. The van der Waals surface area contributed by atoms with E-state index in [2.05, 4.69) is 28.5 Å². The maximum absolute atomic E-state index is 11.4. The molecule has 0 saturated carbocycles. The van der Waals surface area contributed by atoms with Crippen molar-refractivity contribution in [2.75, 3.05) is 11.1 Å². The van der Waals surface area contributed by atoms with E-state index in [0.29, 0.717) is 12.1 Å². The number of carbonyl (C=O) groups excluding carboxylic acids is 1. The second kappa shape index (κ2) is 4.96. The van der Waals surface area contributed by atoms with Gasteiger partial charge in [-0.05, 0) is 41.5 Å². The van der Waals surface area contributed by atoms with Crippen LogP contribution in [0.2, 0.25) is 0 Å². The molecule has 0 fully saturated rings. The first-order chi connectivity index (χ1) is 10.7. The summed E-state index contributed by atoms with van der Waals surface area (Å²) in [5, 5.41) is 2.86. The summed E-state index contributed by atoms with van der Waals surface area (Å²) in [7, 11) is 0. The van der Waals surface area contributed by atoms with Gasteiger partial charge >= 0.3 is 0 Å². The lowest BCUT2D eigenvalue weighted by atomic mass is 10.1. The lowest BCUT2D eigenvalue weighted by molar-refractivity contribution is -0.115. The van der Waals surface area contributed by atoms with Gasteiger partial charge in [0.05, 0.1) is 12.1 Å². The van der Waals surface area contributed by atoms with Crippen LogP contribution in [0.15, 0.2) is 48.8 Å². The molecule has 1 aromatic carbocycles. The summed E-state index contributed by atoms with van der Waals surface area (Å²) in [6.45, 7) is 0. The lowest BCUT2D eigenvalue weighted by Gasteiger charge is -2.02. The fourth-order valence-corrected chi connectivity index (χ4v) is 3.61. The number of nitrogens with two attached hydrogens (primary N) is 1. The number of carbonyl (C=O) groups is 1. The van der Waals surface area contributed by atoms with Gasteiger partial charge in [0, 0.05) is 33.4 Å². The molecule has 0 aliphatic carbocycles. The summed E-state index contributed by atoms with van der Waals surface area (Å²) >= 11 is 1.69. The zero-order valence-corrected chi connectivity index (χ0v) is 12.5. The second-order valence-electron chi connectivity index (χ2n) is 5.27. The number of nitrogen functional groups attached to an aromatic ring is 1. The number of nitrogens with one attached hydrogen (secondary N) is 1. The predicted octanol–water partition coefficient (Wildman–Crippen LogP) is 3.55. The van der Waals surface area contributed by atoms with Gasteiger partial charge in [0.25, 0.3) is 0 Å². The summed E-state index contributed by atoms with van der Waals surface area (Å²) < 4.78 is 0. The summed E-state index contributed by atoms with van der Waals surface area (Å²) in [5.41, 5.74) is 10.6. The number of pyridine rings is 1. The van der Waals surface area contributed by atoms with E-state index in [0.717, 1.165) is 27.3 Å². The second-order valence-corrected chi connectivity index (χ2v) is 6.35. The van der Waals surface area contributed by atoms with Crippen molar-refractivity contribution in [1.82, 2.24) is 4.98 Å². The first-order valence-corrected chi connectivity index (χ1v) is 7.74. The number of anilines is 2. The predicted molar refractivity (Wildman–Crippen MR) is 89.7 cm³/mol. The molecule has 22 heavy (non-hydrogen) atoms. The number of thiophene rings is 1. The molecule has 0 bridgehead atoms. The normalized spacial score (nSPS) is 13.0. The van der Waals surface area contributed by atoms with Crippen LogP contribution in [0.4, 0.5) is 11.4 Å². The van der Waals surface area contributed by atoms with Crippen molar-refractivity contribution >= 4 is 28.6 Å². The Labute approximate surface area is 131 Å². The van der Waals surface area contributed by atoms with Crippen molar-refractivity contribution in [2.24, 2.45) is 0 Å². The van der Waals surface area contributed by atoms with Gasteiger partial charge < -0.3 is 11.1 Å². The molecule has 108 valence electrons. The Kier molecular flexibility index (Phi) is 2.94. The highest BCUT2D eigenvalue weighted by molar-refractivity contribution is 7.18. The minimum atomic E-state index is 0.0600. The van der Waals surface area contributed by atoms with Gasteiger partial charge in [-0.25, -0.2) is 0 Å². The van der Waals surface area contributed by atoms with Crippen LogP contribution in [0.5, 0.6) is 0 Å². The van der Waals surface area contributed by atoms with Crippen molar-refractivity contribution in [3.63, 3.8) is 0 Å². The maximum atomic E-state index is 11.4. The van der Waals surface area contributed by atoms with Crippen molar-refractivity contribution in [3.8, 4) is 20.9 Å². The van der Waals surface area contributed by atoms with Gasteiger partial charge in [-0.15, -0.1) is 11.3 Å². The minimum Gasteiger partial charge on any atom is -0.397 e. The number of aromatic nitrogens is 1. The molecule has 0 radical (unpaired) electrons. The standard InChI is InChI=1S/C17H13N3OS/c18-13-6-12(8-19-9-13)16-4-3-15(22-16)10-1-2-14-11(5-10)7-17(21)20-14/h1-6,8-9H,7,18H2,(H,20,21). The zero-order valence-electron chi connectivity index (χ0n) is 11.7. The highest BCUT2D eigenvalue weighted by Gasteiger charge is 2.18. The molecule has 1 aliphatic heterocycles. The number of hydrogen-bond donors (Lipinski definition) is 2. The first kappa shape index (κ1) is 13.0. The van der Waals surface area contributed by atoms with Gasteiger partial charge in [-0.3, -0.25) is 9.78 Å². The van der Waals surface area contributed by atoms with Gasteiger partial charge in [-0.2, -0.15) is 0 Å². The monoisotopic (exact) mass is 307 g/mol. The third-order valence-corrected chi connectivity index (χ3v) is 4.85. The maximum Gasteiger partial charge on any atom is 0.228 e. The smallest absolute Gasteiger partial charge is 0.228 e. The van der Waals surface area contributed by atoms with Crippen molar-refractivity contribution in [1.29, 1.82) is 0 Å². The molecule has 0 spiro atoms. The topological polar surface area (TPSA) is 68.0 Å². The Morgan fingerprint density at radius 2 is 1.86 bits per heavy atom.